The molecule has 1 saturated heterocycles. The van der Waals surface area contributed by atoms with Gasteiger partial charge in [-0.25, -0.2) is 9.78 Å². The molecule has 1 N–H and O–H groups in total. The van der Waals surface area contributed by atoms with Gasteiger partial charge < -0.3 is 14.7 Å². The summed E-state index contributed by atoms with van der Waals surface area (Å²) in [5.74, 6) is -0.283. The molecule has 0 unspecified atom stereocenters. The van der Waals surface area contributed by atoms with Crippen LogP contribution in [0.3, 0.4) is 0 Å². The van der Waals surface area contributed by atoms with Crippen molar-refractivity contribution in [3.63, 3.8) is 0 Å². The predicted molar refractivity (Wildman–Crippen MR) is 80.1 cm³/mol. The lowest BCUT2D eigenvalue weighted by molar-refractivity contribution is -0.0280. The van der Waals surface area contributed by atoms with E-state index in [1.807, 2.05) is 19.9 Å². The van der Waals surface area contributed by atoms with Gasteiger partial charge in [-0.2, -0.15) is 0 Å². The highest BCUT2D eigenvalue weighted by Crippen LogP contribution is 2.29. The average Bonchev–Trinajstić information content (AvgIpc) is 2.44. The molecule has 1 aliphatic carbocycles. The molecule has 3 rings (SSSR count). The van der Waals surface area contributed by atoms with E-state index in [-0.39, 0.29) is 5.60 Å². The second-order valence-corrected chi connectivity index (χ2v) is 6.51. The van der Waals surface area contributed by atoms with Crippen LogP contribution in [0.15, 0.2) is 6.07 Å². The highest BCUT2D eigenvalue weighted by molar-refractivity contribution is 5.93. The minimum Gasteiger partial charge on any atom is -0.478 e. The van der Waals surface area contributed by atoms with Gasteiger partial charge in [-0.15, -0.1) is 0 Å². The van der Waals surface area contributed by atoms with E-state index in [4.69, 9.17) is 9.72 Å². The molecule has 5 nitrogen and oxygen atoms in total. The standard InChI is InChI=1S/C16H22N2O3/c1-16(2)10-18(7-8-21-16)14-12(15(19)20)9-11-5-3-4-6-13(11)17-14/h9H,3-8,10H2,1-2H3,(H,19,20). The third-order valence-electron chi connectivity index (χ3n) is 4.24. The number of ether oxygens (including phenoxy) is 1. The molecule has 2 heterocycles. The van der Waals surface area contributed by atoms with Gasteiger partial charge in [-0.3, -0.25) is 0 Å². The van der Waals surface area contributed by atoms with Crippen molar-refractivity contribution in [3.05, 3.63) is 22.9 Å². The fraction of sp³-hybridized carbons (Fsp3) is 0.625. The molecule has 0 radical (unpaired) electrons. The Morgan fingerprint density at radius 1 is 1.38 bits per heavy atom. The number of rotatable bonds is 2. The van der Waals surface area contributed by atoms with Gasteiger partial charge in [0.1, 0.15) is 11.4 Å². The third-order valence-corrected chi connectivity index (χ3v) is 4.24. The topological polar surface area (TPSA) is 62.7 Å². The van der Waals surface area contributed by atoms with Crippen LogP contribution in [0.5, 0.6) is 0 Å². The molecule has 0 amide bonds. The van der Waals surface area contributed by atoms with Crippen molar-refractivity contribution >= 4 is 11.8 Å². The van der Waals surface area contributed by atoms with E-state index in [9.17, 15) is 9.90 Å². The monoisotopic (exact) mass is 290 g/mol. The normalized spacial score (nSPS) is 21.0. The van der Waals surface area contributed by atoms with Gasteiger partial charge in [0.2, 0.25) is 0 Å². The summed E-state index contributed by atoms with van der Waals surface area (Å²) in [6, 6.07) is 1.83. The van der Waals surface area contributed by atoms with Crippen LogP contribution in [0.2, 0.25) is 0 Å². The Morgan fingerprint density at radius 3 is 2.86 bits per heavy atom. The first kappa shape index (κ1) is 14.3. The molecule has 2 aliphatic rings. The number of pyridine rings is 1. The lowest BCUT2D eigenvalue weighted by Gasteiger charge is -2.39. The Balaban J connectivity index is 2.01. The summed E-state index contributed by atoms with van der Waals surface area (Å²) < 4.78 is 5.71. The minimum absolute atomic E-state index is 0.272. The second-order valence-electron chi connectivity index (χ2n) is 6.51. The van der Waals surface area contributed by atoms with Gasteiger partial charge in [-0.1, -0.05) is 0 Å². The summed E-state index contributed by atoms with van der Waals surface area (Å²) >= 11 is 0. The summed E-state index contributed by atoms with van der Waals surface area (Å²) in [5.41, 5.74) is 2.24. The van der Waals surface area contributed by atoms with Crippen LogP contribution in [0.1, 0.15) is 48.3 Å². The number of aromatic carboxylic acids is 1. The number of carbonyl (C=O) groups is 1. The summed E-state index contributed by atoms with van der Waals surface area (Å²) in [7, 11) is 0. The second kappa shape index (κ2) is 5.30. The molecule has 1 aromatic rings. The van der Waals surface area contributed by atoms with Gasteiger partial charge >= 0.3 is 5.97 Å². The zero-order chi connectivity index (χ0) is 15.0. The minimum atomic E-state index is -0.893. The molecule has 1 fully saturated rings. The Kier molecular flexibility index (Phi) is 3.61. The molecule has 21 heavy (non-hydrogen) atoms. The van der Waals surface area contributed by atoms with Crippen molar-refractivity contribution in [2.75, 3.05) is 24.6 Å². The zero-order valence-corrected chi connectivity index (χ0v) is 12.7. The number of aromatic nitrogens is 1. The van der Waals surface area contributed by atoms with Crippen molar-refractivity contribution in [2.24, 2.45) is 0 Å². The summed E-state index contributed by atoms with van der Waals surface area (Å²) in [5, 5.41) is 9.53. The first-order valence-electron chi connectivity index (χ1n) is 7.61. The Hall–Kier alpha value is -1.62. The van der Waals surface area contributed by atoms with Crippen molar-refractivity contribution in [3.8, 4) is 0 Å². The number of nitrogens with zero attached hydrogens (tertiary/aromatic N) is 2. The van der Waals surface area contributed by atoms with Crippen LogP contribution >= 0.6 is 0 Å². The van der Waals surface area contributed by atoms with E-state index < -0.39 is 5.97 Å². The van der Waals surface area contributed by atoms with Crippen LogP contribution < -0.4 is 4.90 Å². The van der Waals surface area contributed by atoms with Crippen molar-refractivity contribution in [2.45, 2.75) is 45.1 Å². The zero-order valence-electron chi connectivity index (χ0n) is 12.7. The molecule has 0 atom stereocenters. The Bertz CT molecular complexity index is 569. The van der Waals surface area contributed by atoms with Crippen LogP contribution in [0.4, 0.5) is 5.82 Å². The molecule has 0 spiro atoms. The van der Waals surface area contributed by atoms with Crippen LogP contribution in [-0.4, -0.2) is 41.4 Å². The number of carboxylic acid groups (broad SMARTS) is 1. The molecule has 1 aliphatic heterocycles. The smallest absolute Gasteiger partial charge is 0.339 e. The highest BCUT2D eigenvalue weighted by atomic mass is 16.5. The van der Waals surface area contributed by atoms with Crippen LogP contribution in [0.25, 0.3) is 0 Å². The van der Waals surface area contributed by atoms with Gasteiger partial charge in [0, 0.05) is 18.8 Å². The fourth-order valence-electron chi connectivity index (χ4n) is 3.22. The quantitative estimate of drug-likeness (QED) is 0.905. The predicted octanol–water partition coefficient (Wildman–Crippen LogP) is 2.27. The first-order valence-corrected chi connectivity index (χ1v) is 7.61. The molecule has 0 aromatic carbocycles. The molecular formula is C16H22N2O3. The Morgan fingerprint density at radius 2 is 2.14 bits per heavy atom. The van der Waals surface area contributed by atoms with E-state index in [1.54, 1.807) is 0 Å². The molecular weight excluding hydrogens is 268 g/mol. The van der Waals surface area contributed by atoms with Crippen molar-refractivity contribution < 1.29 is 14.6 Å². The van der Waals surface area contributed by atoms with E-state index in [0.29, 0.717) is 31.1 Å². The number of morpholine rings is 1. The molecule has 5 heteroatoms. The first-order chi connectivity index (χ1) is 9.96. The molecule has 0 bridgehead atoms. The number of hydrogen-bond donors (Lipinski definition) is 1. The lowest BCUT2D eigenvalue weighted by Crippen LogP contribution is -2.49. The number of anilines is 1. The fourth-order valence-corrected chi connectivity index (χ4v) is 3.22. The lowest BCUT2D eigenvalue weighted by atomic mass is 9.94. The van der Waals surface area contributed by atoms with Gasteiger partial charge in [0.15, 0.2) is 0 Å². The van der Waals surface area contributed by atoms with Gasteiger partial charge in [0.05, 0.1) is 12.2 Å². The highest BCUT2D eigenvalue weighted by Gasteiger charge is 2.31. The van der Waals surface area contributed by atoms with Gasteiger partial charge in [-0.05, 0) is 51.2 Å². The molecule has 1 aromatic heterocycles. The summed E-state index contributed by atoms with van der Waals surface area (Å²) in [4.78, 5) is 18.4. The SMILES string of the molecule is CC1(C)CN(c2nc3c(cc2C(=O)O)CCCC3)CCO1. The van der Waals surface area contributed by atoms with Crippen molar-refractivity contribution in [1.82, 2.24) is 4.98 Å². The maximum absolute atomic E-state index is 11.6. The molecule has 114 valence electrons. The van der Waals surface area contributed by atoms with Crippen LogP contribution in [0, 0.1) is 0 Å². The largest absolute Gasteiger partial charge is 0.478 e. The van der Waals surface area contributed by atoms with E-state index in [0.717, 1.165) is 36.9 Å². The van der Waals surface area contributed by atoms with Gasteiger partial charge in [0.25, 0.3) is 0 Å². The van der Waals surface area contributed by atoms with Crippen molar-refractivity contribution in [1.29, 1.82) is 0 Å². The third kappa shape index (κ3) is 2.88. The van der Waals surface area contributed by atoms with E-state index >= 15 is 0 Å². The maximum atomic E-state index is 11.6. The maximum Gasteiger partial charge on any atom is 0.339 e. The number of aryl methyl sites for hydroxylation is 2. The van der Waals surface area contributed by atoms with E-state index in [2.05, 4.69) is 4.90 Å². The van der Waals surface area contributed by atoms with E-state index in [1.165, 1.54) is 0 Å². The average molecular weight is 290 g/mol. The number of carboxylic acids is 1. The van der Waals surface area contributed by atoms with Crippen LogP contribution in [-0.2, 0) is 17.6 Å². The summed E-state index contributed by atoms with van der Waals surface area (Å²) in [6.07, 6.45) is 4.16. The number of fused-ring (bicyclic) bond motifs is 1. The molecule has 0 saturated carbocycles. The Labute approximate surface area is 124 Å². The number of hydrogen-bond acceptors (Lipinski definition) is 4. The summed E-state index contributed by atoms with van der Waals surface area (Å²) in [6.45, 7) is 6.01.